The molecule has 0 bridgehead atoms. The van der Waals surface area contributed by atoms with Gasteiger partial charge >= 0.3 is 7.68 Å². The van der Waals surface area contributed by atoms with Crippen LogP contribution in [-0.4, -0.2) is 18.9 Å². The fraction of sp³-hybridized carbons (Fsp3) is 0.400. The van der Waals surface area contributed by atoms with Crippen LogP contribution in [0.2, 0.25) is 0 Å². The topological polar surface area (TPSA) is 26.3 Å². The highest BCUT2D eigenvalue weighted by molar-refractivity contribution is 7.95. The van der Waals surface area contributed by atoms with Crippen molar-refractivity contribution in [2.45, 2.75) is 58.3 Å². The van der Waals surface area contributed by atoms with E-state index >= 15 is 0 Å². The zero-order valence-corrected chi connectivity index (χ0v) is 24.8. The Labute approximate surface area is 228 Å². The Bertz CT molecular complexity index is 922. The van der Waals surface area contributed by atoms with Gasteiger partial charge in [0.2, 0.25) is 0 Å². The summed E-state index contributed by atoms with van der Waals surface area (Å²) in [4.78, 5) is 0. The summed E-state index contributed by atoms with van der Waals surface area (Å²) in [7, 11) is -5.97. The second-order valence-electron chi connectivity index (χ2n) is 9.16. The van der Waals surface area contributed by atoms with Crippen molar-refractivity contribution in [2.75, 3.05) is 18.9 Å². The van der Waals surface area contributed by atoms with Gasteiger partial charge in [0.05, 0.1) is 18.9 Å². The third kappa shape index (κ3) is 9.21. The molecule has 0 aliphatic carbocycles. The van der Waals surface area contributed by atoms with E-state index in [1.54, 1.807) is 0 Å². The van der Waals surface area contributed by atoms with Crippen molar-refractivity contribution < 1.29 is 30.3 Å². The minimum absolute atomic E-state index is 0. The SMILES string of the molecule is CCCCCCCCOP(=O)(F)CCCC[P+](c1ccccc1)(c1ccccc1)c1ccccc1.[Br-]. The van der Waals surface area contributed by atoms with Gasteiger partial charge in [-0.15, -0.1) is 0 Å². The third-order valence-corrected chi connectivity index (χ3v) is 12.5. The predicted octanol–water partition coefficient (Wildman–Crippen LogP) is 5.30. The molecule has 0 aromatic heterocycles. The number of halogens is 2. The smallest absolute Gasteiger partial charge is 0.367 e. The van der Waals surface area contributed by atoms with Crippen molar-refractivity contribution in [1.29, 1.82) is 0 Å². The van der Waals surface area contributed by atoms with Gasteiger partial charge in [-0.3, -0.25) is 4.57 Å². The maximum atomic E-state index is 14.7. The molecule has 36 heavy (non-hydrogen) atoms. The van der Waals surface area contributed by atoms with Crippen molar-refractivity contribution in [3.05, 3.63) is 91.0 Å². The summed E-state index contributed by atoms with van der Waals surface area (Å²) < 4.78 is 32.3. The Morgan fingerprint density at radius 3 is 1.58 bits per heavy atom. The van der Waals surface area contributed by atoms with E-state index in [1.165, 1.54) is 35.2 Å². The van der Waals surface area contributed by atoms with E-state index < -0.39 is 14.9 Å². The Hall–Kier alpha value is -1.31. The van der Waals surface area contributed by atoms with Gasteiger partial charge in [0.25, 0.3) is 0 Å². The molecule has 196 valence electrons. The van der Waals surface area contributed by atoms with E-state index in [0.29, 0.717) is 6.42 Å². The summed E-state index contributed by atoms with van der Waals surface area (Å²) in [5.74, 6) is 0. The summed E-state index contributed by atoms with van der Waals surface area (Å²) in [5.41, 5.74) is 0. The van der Waals surface area contributed by atoms with Crippen LogP contribution in [0, 0.1) is 0 Å². The van der Waals surface area contributed by atoms with Crippen molar-refractivity contribution in [2.24, 2.45) is 0 Å². The molecular weight excluding hydrogens is 553 g/mol. The molecule has 1 unspecified atom stereocenters. The molecule has 0 N–H and O–H groups in total. The van der Waals surface area contributed by atoms with Gasteiger partial charge in [-0.2, -0.15) is 4.20 Å². The summed E-state index contributed by atoms with van der Waals surface area (Å²) in [6, 6.07) is 32.1. The fourth-order valence-corrected chi connectivity index (χ4v) is 10.2. The minimum Gasteiger partial charge on any atom is -1.00 e. The quantitative estimate of drug-likeness (QED) is 0.167. The molecule has 1 atom stereocenters. The van der Waals surface area contributed by atoms with Crippen LogP contribution in [0.5, 0.6) is 0 Å². The number of hydrogen-bond donors (Lipinski definition) is 0. The Balaban J connectivity index is 0.00000456. The predicted molar refractivity (Wildman–Crippen MR) is 152 cm³/mol. The fourth-order valence-electron chi connectivity index (χ4n) is 4.68. The van der Waals surface area contributed by atoms with Gasteiger partial charge in [0.1, 0.15) is 23.2 Å². The molecule has 0 aliphatic rings. The van der Waals surface area contributed by atoms with Crippen molar-refractivity contribution in [1.82, 2.24) is 0 Å². The van der Waals surface area contributed by atoms with Crippen LogP contribution in [-0.2, 0) is 9.09 Å². The first-order valence-electron chi connectivity index (χ1n) is 13.1. The normalized spacial score (nSPS) is 13.1. The molecule has 3 rings (SSSR count). The molecule has 6 heteroatoms. The average Bonchev–Trinajstić information content (AvgIpc) is 2.90. The average molecular weight is 593 g/mol. The summed E-state index contributed by atoms with van der Waals surface area (Å²) >= 11 is 0. The van der Waals surface area contributed by atoms with E-state index in [-0.39, 0.29) is 29.8 Å². The molecule has 0 saturated heterocycles. The Morgan fingerprint density at radius 2 is 1.11 bits per heavy atom. The van der Waals surface area contributed by atoms with Crippen LogP contribution in [0.3, 0.4) is 0 Å². The molecule has 2 nitrogen and oxygen atoms in total. The van der Waals surface area contributed by atoms with Gasteiger partial charge in [-0.05, 0) is 55.7 Å². The zero-order chi connectivity index (χ0) is 24.8. The highest BCUT2D eigenvalue weighted by Crippen LogP contribution is 2.56. The van der Waals surface area contributed by atoms with E-state index in [1.807, 2.05) is 0 Å². The standard InChI is InChI=1S/C30H40FO2P2.BrH/c1-2-3-4-5-6-16-25-33-35(31,32)27-18-17-26-34(28-19-10-7-11-20-28,29-21-12-8-13-22-29)30-23-14-9-15-24-30;/h7-15,19-24H,2-6,16-18,25-27H2,1H3;1H/q+1;/p-1. The Kier molecular flexibility index (Phi) is 14.2. The van der Waals surface area contributed by atoms with Gasteiger partial charge < -0.3 is 21.5 Å². The van der Waals surface area contributed by atoms with Crippen molar-refractivity contribution in [3.63, 3.8) is 0 Å². The van der Waals surface area contributed by atoms with Crippen molar-refractivity contribution >= 4 is 30.9 Å². The van der Waals surface area contributed by atoms with Crippen LogP contribution in [0.4, 0.5) is 4.20 Å². The molecule has 3 aromatic rings. The van der Waals surface area contributed by atoms with Gasteiger partial charge in [-0.1, -0.05) is 93.6 Å². The maximum Gasteiger partial charge on any atom is 0.367 e. The first kappa shape index (κ1) is 30.9. The second-order valence-corrected chi connectivity index (χ2v) is 14.7. The van der Waals surface area contributed by atoms with Crippen LogP contribution in [0.25, 0.3) is 0 Å². The zero-order valence-electron chi connectivity index (χ0n) is 21.4. The lowest BCUT2D eigenvalue weighted by atomic mass is 10.1. The van der Waals surface area contributed by atoms with Crippen molar-refractivity contribution in [3.8, 4) is 0 Å². The molecule has 0 fully saturated rings. The monoisotopic (exact) mass is 592 g/mol. The van der Waals surface area contributed by atoms with Crippen LogP contribution >= 0.6 is 14.9 Å². The van der Waals surface area contributed by atoms with Gasteiger partial charge in [0, 0.05) is 0 Å². The van der Waals surface area contributed by atoms with Crippen LogP contribution in [0.15, 0.2) is 91.0 Å². The molecule has 0 heterocycles. The molecular formula is C30H40BrFO2P2. The van der Waals surface area contributed by atoms with Crippen LogP contribution in [0.1, 0.15) is 58.3 Å². The second kappa shape index (κ2) is 16.5. The molecule has 0 aliphatic heterocycles. The lowest BCUT2D eigenvalue weighted by molar-refractivity contribution is -0.0000111. The molecule has 0 amide bonds. The molecule has 3 aromatic carbocycles. The third-order valence-electron chi connectivity index (χ3n) is 6.54. The first-order chi connectivity index (χ1) is 17.1. The first-order valence-corrected chi connectivity index (χ1v) is 16.7. The van der Waals surface area contributed by atoms with E-state index in [2.05, 4.69) is 97.9 Å². The molecule has 0 radical (unpaired) electrons. The van der Waals surface area contributed by atoms with Gasteiger partial charge in [-0.25, -0.2) is 0 Å². The Morgan fingerprint density at radius 1 is 0.667 bits per heavy atom. The summed E-state index contributed by atoms with van der Waals surface area (Å²) in [6.07, 6.45) is 8.83. The number of rotatable bonds is 16. The highest BCUT2D eigenvalue weighted by Gasteiger charge is 2.44. The number of benzene rings is 3. The minimum atomic E-state index is -4.04. The lowest BCUT2D eigenvalue weighted by Gasteiger charge is -2.27. The number of hydrogen-bond acceptors (Lipinski definition) is 2. The maximum absolute atomic E-state index is 14.7. The summed E-state index contributed by atoms with van der Waals surface area (Å²) in [5, 5.41) is 3.96. The van der Waals surface area contributed by atoms with Crippen LogP contribution < -0.4 is 32.9 Å². The summed E-state index contributed by atoms with van der Waals surface area (Å²) in [6.45, 7) is 2.45. The van der Waals surface area contributed by atoms with Gasteiger partial charge in [0.15, 0.2) is 0 Å². The van der Waals surface area contributed by atoms with E-state index in [4.69, 9.17) is 4.52 Å². The van der Waals surface area contributed by atoms with E-state index in [0.717, 1.165) is 31.8 Å². The lowest BCUT2D eigenvalue weighted by Crippen LogP contribution is -3.00. The number of unbranched alkanes of at least 4 members (excludes halogenated alkanes) is 6. The van der Waals surface area contributed by atoms with E-state index in [9.17, 15) is 8.76 Å². The highest BCUT2D eigenvalue weighted by atomic mass is 79.9. The molecule has 0 saturated carbocycles. The molecule has 0 spiro atoms. The largest absolute Gasteiger partial charge is 1.00 e.